The average Bonchev–Trinajstić information content (AvgIpc) is 3.55. The van der Waals surface area contributed by atoms with Gasteiger partial charge < -0.3 is 24.1 Å². The third kappa shape index (κ3) is 8.68. The fourth-order valence-electron chi connectivity index (χ4n) is 3.70. The van der Waals surface area contributed by atoms with Gasteiger partial charge in [0.25, 0.3) is 0 Å². The number of anilines is 1. The average molecular weight is 636 g/mol. The van der Waals surface area contributed by atoms with Gasteiger partial charge in [-0.25, -0.2) is 18.8 Å². The second kappa shape index (κ2) is 15.4. The fraction of sp³-hybridized carbons (Fsp3) is 0.522. The zero-order valence-electron chi connectivity index (χ0n) is 22.4. The van der Waals surface area contributed by atoms with Crippen molar-refractivity contribution in [3.8, 4) is 0 Å². The van der Waals surface area contributed by atoms with E-state index in [4.69, 9.17) is 34.5 Å². The Balaban J connectivity index is 1.69. The molecule has 0 spiro atoms. The van der Waals surface area contributed by atoms with Crippen LogP contribution in [0.5, 0.6) is 0 Å². The summed E-state index contributed by atoms with van der Waals surface area (Å²) in [5.41, 5.74) is -0.921. The third-order valence-corrected chi connectivity index (χ3v) is 8.12. The minimum atomic E-state index is -4.11. The summed E-state index contributed by atoms with van der Waals surface area (Å²) in [6, 6.07) is 3.66. The lowest BCUT2D eigenvalue weighted by Crippen LogP contribution is -2.36. The molecule has 1 fully saturated rings. The summed E-state index contributed by atoms with van der Waals surface area (Å²) in [5, 5.41) is 34.3. The van der Waals surface area contributed by atoms with Crippen molar-refractivity contribution in [3.63, 3.8) is 0 Å². The van der Waals surface area contributed by atoms with Crippen LogP contribution in [-0.2, 0) is 29.7 Å². The molecule has 5 atom stereocenters. The Hall–Kier alpha value is -3.15. The van der Waals surface area contributed by atoms with Crippen LogP contribution in [0.3, 0.4) is 0 Å². The first-order chi connectivity index (χ1) is 20.0. The SMILES string of the molecule is C=CCOC(=O)Nc1ccn(C2OC(COP(=O)(OCc3ccc([N+](=O)[O-])o3)N(C)CCCCCl)C(O)C2O)c(=O)n1. The van der Waals surface area contributed by atoms with Gasteiger partial charge in [0, 0.05) is 18.6 Å². The summed E-state index contributed by atoms with van der Waals surface area (Å²) in [7, 11) is -2.64. The Morgan fingerprint density at radius 2 is 2.10 bits per heavy atom. The first-order valence-corrected chi connectivity index (χ1v) is 14.6. The van der Waals surface area contributed by atoms with Gasteiger partial charge in [-0.1, -0.05) is 12.7 Å². The number of aliphatic hydroxyl groups excluding tert-OH is 2. The zero-order chi connectivity index (χ0) is 30.9. The molecular weight excluding hydrogens is 605 g/mol. The molecule has 232 valence electrons. The van der Waals surface area contributed by atoms with E-state index in [1.165, 1.54) is 36.1 Å². The summed E-state index contributed by atoms with van der Waals surface area (Å²) in [6.07, 6.45) is -3.02. The normalized spacial score (nSPS) is 21.6. The lowest BCUT2D eigenvalue weighted by Gasteiger charge is -2.28. The largest absolute Gasteiger partial charge is 0.445 e. The van der Waals surface area contributed by atoms with E-state index in [9.17, 15) is 34.5 Å². The van der Waals surface area contributed by atoms with Crippen LogP contribution in [0.15, 0.2) is 46.3 Å². The number of amides is 1. The number of halogens is 1. The maximum Gasteiger partial charge on any atom is 0.433 e. The molecule has 1 amide bonds. The quantitative estimate of drug-likeness (QED) is 0.0602. The summed E-state index contributed by atoms with van der Waals surface area (Å²) in [4.78, 5) is 38.1. The minimum Gasteiger partial charge on any atom is -0.445 e. The number of nitrogens with one attached hydrogen (secondary N) is 1. The summed E-state index contributed by atoms with van der Waals surface area (Å²) in [5.74, 6) is -0.257. The van der Waals surface area contributed by atoms with Gasteiger partial charge in [-0.3, -0.25) is 29.0 Å². The van der Waals surface area contributed by atoms with Crippen molar-refractivity contribution >= 4 is 37.1 Å². The number of nitrogens with zero attached hydrogens (tertiary/aromatic N) is 4. The molecule has 19 heteroatoms. The van der Waals surface area contributed by atoms with Crippen LogP contribution >= 0.6 is 19.3 Å². The van der Waals surface area contributed by atoms with Crippen molar-refractivity contribution in [2.75, 3.05) is 38.0 Å². The molecule has 17 nitrogen and oxygen atoms in total. The number of alkyl halides is 1. The second-order valence-corrected chi connectivity index (χ2v) is 11.4. The van der Waals surface area contributed by atoms with Crippen LogP contribution in [0.25, 0.3) is 0 Å². The number of carbonyl (C=O) groups excluding carboxylic acids is 1. The summed E-state index contributed by atoms with van der Waals surface area (Å²) in [6.45, 7) is 2.62. The van der Waals surface area contributed by atoms with E-state index in [1.54, 1.807) is 0 Å². The number of rotatable bonds is 16. The van der Waals surface area contributed by atoms with E-state index in [2.05, 4.69) is 16.9 Å². The predicted octanol–water partition coefficient (Wildman–Crippen LogP) is 2.39. The highest BCUT2D eigenvalue weighted by molar-refractivity contribution is 7.51. The first-order valence-electron chi connectivity index (χ1n) is 12.5. The molecule has 0 aromatic carbocycles. The highest BCUT2D eigenvalue weighted by atomic mass is 35.5. The molecule has 0 bridgehead atoms. The van der Waals surface area contributed by atoms with Crippen molar-refractivity contribution in [3.05, 3.63) is 63.4 Å². The number of hydrogen-bond donors (Lipinski definition) is 3. The molecule has 2 aromatic heterocycles. The van der Waals surface area contributed by atoms with Gasteiger partial charge >= 0.3 is 25.4 Å². The van der Waals surface area contributed by atoms with Gasteiger partial charge in [0.1, 0.15) is 48.0 Å². The second-order valence-electron chi connectivity index (χ2n) is 8.87. The monoisotopic (exact) mass is 635 g/mol. The molecule has 0 radical (unpaired) electrons. The molecule has 2 aromatic rings. The highest BCUT2D eigenvalue weighted by Crippen LogP contribution is 2.52. The zero-order valence-corrected chi connectivity index (χ0v) is 24.1. The smallest absolute Gasteiger partial charge is 0.433 e. The van der Waals surface area contributed by atoms with E-state index in [1.807, 2.05) is 0 Å². The number of nitro groups is 1. The van der Waals surface area contributed by atoms with Crippen molar-refractivity contribution in [2.24, 2.45) is 0 Å². The number of hydrogen-bond acceptors (Lipinski definition) is 13. The van der Waals surface area contributed by atoms with Crippen molar-refractivity contribution < 1.29 is 47.4 Å². The van der Waals surface area contributed by atoms with Gasteiger partial charge in [0.15, 0.2) is 6.23 Å². The fourth-order valence-corrected chi connectivity index (χ4v) is 5.36. The van der Waals surface area contributed by atoms with Gasteiger partial charge in [-0.05, 0) is 32.0 Å². The number of aromatic nitrogens is 2. The molecule has 0 aliphatic carbocycles. The van der Waals surface area contributed by atoms with Gasteiger partial charge in [-0.15, -0.1) is 11.6 Å². The molecule has 1 saturated heterocycles. The molecule has 3 rings (SSSR count). The topological polar surface area (TPSA) is 218 Å². The third-order valence-electron chi connectivity index (χ3n) is 5.89. The van der Waals surface area contributed by atoms with E-state index >= 15 is 0 Å². The Labute approximate surface area is 244 Å². The summed E-state index contributed by atoms with van der Waals surface area (Å²) >= 11 is 5.73. The van der Waals surface area contributed by atoms with Crippen molar-refractivity contribution in [2.45, 2.75) is 44.0 Å². The van der Waals surface area contributed by atoms with E-state index < -0.39 is 68.1 Å². The van der Waals surface area contributed by atoms with Crippen LogP contribution in [0.4, 0.5) is 16.5 Å². The Morgan fingerprint density at radius 1 is 1.33 bits per heavy atom. The maximum absolute atomic E-state index is 13.7. The van der Waals surface area contributed by atoms with Gasteiger partial charge in [0.2, 0.25) is 0 Å². The molecule has 3 heterocycles. The lowest BCUT2D eigenvalue weighted by molar-refractivity contribution is -0.402. The molecule has 42 heavy (non-hydrogen) atoms. The Morgan fingerprint density at radius 3 is 2.74 bits per heavy atom. The first kappa shape index (κ1) is 33.4. The number of unbranched alkanes of at least 4 members (excludes halogenated alkanes) is 1. The van der Waals surface area contributed by atoms with Crippen LogP contribution in [0.1, 0.15) is 24.8 Å². The van der Waals surface area contributed by atoms with E-state index in [0.717, 1.165) is 10.6 Å². The number of carbonyl (C=O) groups is 1. The summed E-state index contributed by atoms with van der Waals surface area (Å²) < 4.78 is 42.5. The standard InChI is InChI=1S/C23H31ClN5O12P/c1-3-12-37-23(33)26-17-8-11-28(22(32)25-17)21-20(31)19(30)16(41-21)14-39-42(36,27(2)10-5-4-9-24)38-13-15-6-7-18(40-15)29(34)35/h3,6-8,11,16,19-21,30-31H,1,4-5,9-10,12-14H2,2H3,(H,25,26,32,33). The van der Waals surface area contributed by atoms with E-state index in [-0.39, 0.29) is 24.7 Å². The highest BCUT2D eigenvalue weighted by Gasteiger charge is 2.46. The van der Waals surface area contributed by atoms with Crippen molar-refractivity contribution in [1.82, 2.24) is 14.2 Å². The molecule has 5 unspecified atom stereocenters. The van der Waals surface area contributed by atoms with Crippen LogP contribution < -0.4 is 11.0 Å². The van der Waals surface area contributed by atoms with E-state index in [0.29, 0.717) is 18.7 Å². The van der Waals surface area contributed by atoms with Crippen LogP contribution in [0, 0.1) is 10.1 Å². The molecule has 1 aliphatic rings. The molecule has 3 N–H and O–H groups in total. The molecule has 1 aliphatic heterocycles. The molecule has 0 saturated carbocycles. The maximum atomic E-state index is 13.7. The lowest BCUT2D eigenvalue weighted by atomic mass is 10.1. The minimum absolute atomic E-state index is 0.0195. The van der Waals surface area contributed by atoms with Crippen molar-refractivity contribution in [1.29, 1.82) is 0 Å². The number of ether oxygens (including phenoxy) is 2. The molecular formula is C23H31ClN5O12P. The predicted molar refractivity (Wildman–Crippen MR) is 146 cm³/mol. The van der Waals surface area contributed by atoms with Gasteiger partial charge in [0.05, 0.1) is 12.7 Å². The Kier molecular flexibility index (Phi) is 12.2. The van der Waals surface area contributed by atoms with Gasteiger partial charge in [-0.2, -0.15) is 4.98 Å². The Bertz CT molecular complexity index is 1340. The van der Waals surface area contributed by atoms with Crippen LogP contribution in [0.2, 0.25) is 0 Å². The van der Waals surface area contributed by atoms with Crippen LogP contribution in [-0.4, -0.2) is 86.4 Å². The number of furan rings is 1. The number of aliphatic hydroxyl groups is 2.